The van der Waals surface area contributed by atoms with Crippen LogP contribution in [0.15, 0.2) is 24.8 Å². The van der Waals surface area contributed by atoms with Crippen LogP contribution in [0.3, 0.4) is 0 Å². The summed E-state index contributed by atoms with van der Waals surface area (Å²) >= 11 is 0. The van der Waals surface area contributed by atoms with Crippen molar-refractivity contribution in [1.82, 2.24) is 0 Å². The van der Waals surface area contributed by atoms with Crippen LogP contribution in [0.5, 0.6) is 0 Å². The van der Waals surface area contributed by atoms with Gasteiger partial charge in [0.05, 0.1) is 0 Å². The molecule has 1 aromatic carbocycles. The van der Waals surface area contributed by atoms with E-state index < -0.39 is 0 Å². The van der Waals surface area contributed by atoms with E-state index >= 15 is 0 Å². The fourth-order valence-corrected chi connectivity index (χ4v) is 1.81. The van der Waals surface area contributed by atoms with E-state index in [9.17, 15) is 0 Å². The molecule has 0 spiro atoms. The standard InChI is InChI=1S/C14H20/c1-4-6-7-11-14-12(3)9-8-10-13(14)5-2/h5,8-10H,2,4,6-7,11H2,1,3H3. The molecule has 0 radical (unpaired) electrons. The Morgan fingerprint density at radius 1 is 1.29 bits per heavy atom. The van der Waals surface area contributed by atoms with Gasteiger partial charge in [-0.15, -0.1) is 0 Å². The highest BCUT2D eigenvalue weighted by Gasteiger charge is 2.01. The monoisotopic (exact) mass is 188 g/mol. The maximum Gasteiger partial charge on any atom is -0.0228 e. The van der Waals surface area contributed by atoms with Crippen LogP contribution in [0.4, 0.5) is 0 Å². The van der Waals surface area contributed by atoms with Gasteiger partial charge < -0.3 is 0 Å². The van der Waals surface area contributed by atoms with Crippen molar-refractivity contribution >= 4 is 6.08 Å². The van der Waals surface area contributed by atoms with Crippen molar-refractivity contribution < 1.29 is 0 Å². The van der Waals surface area contributed by atoms with E-state index in [2.05, 4.69) is 38.6 Å². The van der Waals surface area contributed by atoms with Gasteiger partial charge in [-0.3, -0.25) is 0 Å². The maximum atomic E-state index is 3.86. The normalized spacial score (nSPS) is 10.1. The van der Waals surface area contributed by atoms with E-state index in [0.29, 0.717) is 0 Å². The van der Waals surface area contributed by atoms with Gasteiger partial charge in [-0.25, -0.2) is 0 Å². The fourth-order valence-electron chi connectivity index (χ4n) is 1.81. The first kappa shape index (κ1) is 11.0. The smallest absolute Gasteiger partial charge is 0.0228 e. The second-order valence-electron chi connectivity index (χ2n) is 3.80. The minimum Gasteiger partial charge on any atom is -0.0985 e. The molecule has 0 aliphatic carbocycles. The van der Waals surface area contributed by atoms with Crippen LogP contribution in [0, 0.1) is 6.92 Å². The van der Waals surface area contributed by atoms with Gasteiger partial charge in [0.1, 0.15) is 0 Å². The molecule has 0 heteroatoms. The van der Waals surface area contributed by atoms with E-state index in [-0.39, 0.29) is 0 Å². The topological polar surface area (TPSA) is 0 Å². The Bertz CT molecular complexity index is 297. The van der Waals surface area contributed by atoms with Crippen LogP contribution in [-0.2, 0) is 6.42 Å². The number of benzene rings is 1. The van der Waals surface area contributed by atoms with E-state index in [4.69, 9.17) is 0 Å². The highest BCUT2D eigenvalue weighted by atomic mass is 14.1. The van der Waals surface area contributed by atoms with Crippen LogP contribution < -0.4 is 0 Å². The molecule has 1 aromatic rings. The van der Waals surface area contributed by atoms with Crippen molar-refractivity contribution in [2.75, 3.05) is 0 Å². The van der Waals surface area contributed by atoms with Crippen molar-refractivity contribution in [3.05, 3.63) is 41.5 Å². The molecule has 76 valence electrons. The molecule has 0 heterocycles. The Labute approximate surface area is 87.7 Å². The second-order valence-corrected chi connectivity index (χ2v) is 3.80. The lowest BCUT2D eigenvalue weighted by atomic mass is 9.97. The highest BCUT2D eigenvalue weighted by molar-refractivity contribution is 5.54. The Balaban J connectivity index is 2.77. The predicted molar refractivity (Wildman–Crippen MR) is 64.5 cm³/mol. The molecule has 0 saturated carbocycles. The van der Waals surface area contributed by atoms with Crippen molar-refractivity contribution in [3.8, 4) is 0 Å². The van der Waals surface area contributed by atoms with Gasteiger partial charge in [-0.05, 0) is 36.5 Å². The summed E-state index contributed by atoms with van der Waals surface area (Å²) < 4.78 is 0. The van der Waals surface area contributed by atoms with Crippen LogP contribution in [0.1, 0.15) is 42.9 Å². The molecule has 1 rings (SSSR count). The van der Waals surface area contributed by atoms with Crippen molar-refractivity contribution in [2.24, 2.45) is 0 Å². The number of hydrogen-bond donors (Lipinski definition) is 0. The molecule has 0 bridgehead atoms. The number of rotatable bonds is 5. The van der Waals surface area contributed by atoms with Gasteiger partial charge in [0.2, 0.25) is 0 Å². The summed E-state index contributed by atoms with van der Waals surface area (Å²) in [4.78, 5) is 0. The molecule has 0 atom stereocenters. The third-order valence-electron chi connectivity index (χ3n) is 2.70. The second kappa shape index (κ2) is 5.64. The lowest BCUT2D eigenvalue weighted by Gasteiger charge is -2.09. The predicted octanol–water partition coefficient (Wildman–Crippen LogP) is 4.37. The molecule has 14 heavy (non-hydrogen) atoms. The Morgan fingerprint density at radius 2 is 2.07 bits per heavy atom. The molecule has 0 fully saturated rings. The minimum absolute atomic E-state index is 1.20. The molecule has 0 saturated heterocycles. The fraction of sp³-hybridized carbons (Fsp3) is 0.429. The summed E-state index contributed by atoms with van der Waals surface area (Å²) in [5, 5.41) is 0. The molecule has 0 aromatic heterocycles. The van der Waals surface area contributed by atoms with Crippen molar-refractivity contribution in [2.45, 2.75) is 39.5 Å². The summed E-state index contributed by atoms with van der Waals surface area (Å²) in [5.41, 5.74) is 4.19. The zero-order valence-corrected chi connectivity index (χ0v) is 9.34. The molecular weight excluding hydrogens is 168 g/mol. The zero-order chi connectivity index (χ0) is 10.4. The average Bonchev–Trinajstić information content (AvgIpc) is 2.20. The molecular formula is C14H20. The molecule has 0 aliphatic rings. The number of unbranched alkanes of at least 4 members (excludes halogenated alkanes) is 2. The maximum absolute atomic E-state index is 3.86. The van der Waals surface area contributed by atoms with Crippen LogP contribution in [0.25, 0.3) is 6.08 Å². The largest absolute Gasteiger partial charge is 0.0985 e. The first-order valence-corrected chi connectivity index (χ1v) is 5.50. The summed E-state index contributed by atoms with van der Waals surface area (Å²) in [5.74, 6) is 0. The van der Waals surface area contributed by atoms with E-state index in [0.717, 1.165) is 0 Å². The van der Waals surface area contributed by atoms with Crippen LogP contribution in [-0.4, -0.2) is 0 Å². The number of hydrogen-bond acceptors (Lipinski definition) is 0. The minimum atomic E-state index is 1.20. The lowest BCUT2D eigenvalue weighted by Crippen LogP contribution is -1.93. The van der Waals surface area contributed by atoms with E-state index in [1.807, 2.05) is 6.08 Å². The summed E-state index contributed by atoms with van der Waals surface area (Å²) in [6.07, 6.45) is 7.07. The first-order valence-electron chi connectivity index (χ1n) is 5.50. The van der Waals surface area contributed by atoms with Gasteiger partial charge in [0.25, 0.3) is 0 Å². The molecule has 0 N–H and O–H groups in total. The molecule has 0 amide bonds. The highest BCUT2D eigenvalue weighted by Crippen LogP contribution is 2.18. The molecule has 0 unspecified atom stereocenters. The molecule has 0 nitrogen and oxygen atoms in total. The Morgan fingerprint density at radius 3 is 2.71 bits per heavy atom. The van der Waals surface area contributed by atoms with Gasteiger partial charge in [-0.2, -0.15) is 0 Å². The van der Waals surface area contributed by atoms with Gasteiger partial charge in [-0.1, -0.05) is 50.6 Å². The average molecular weight is 188 g/mol. The quantitative estimate of drug-likeness (QED) is 0.602. The van der Waals surface area contributed by atoms with Gasteiger partial charge in [0, 0.05) is 0 Å². The van der Waals surface area contributed by atoms with Crippen molar-refractivity contribution in [1.29, 1.82) is 0 Å². The Hall–Kier alpha value is -1.04. The summed E-state index contributed by atoms with van der Waals surface area (Å²) in [6.45, 7) is 8.29. The zero-order valence-electron chi connectivity index (χ0n) is 9.34. The Kier molecular flexibility index (Phi) is 4.45. The van der Waals surface area contributed by atoms with Crippen LogP contribution >= 0.6 is 0 Å². The number of aryl methyl sites for hydroxylation is 1. The van der Waals surface area contributed by atoms with Crippen LogP contribution in [0.2, 0.25) is 0 Å². The lowest BCUT2D eigenvalue weighted by molar-refractivity contribution is 0.715. The molecule has 0 aliphatic heterocycles. The van der Waals surface area contributed by atoms with Gasteiger partial charge >= 0.3 is 0 Å². The summed E-state index contributed by atoms with van der Waals surface area (Å²) in [7, 11) is 0. The van der Waals surface area contributed by atoms with E-state index in [1.54, 1.807) is 0 Å². The SMILES string of the molecule is C=Cc1cccc(C)c1CCCCC. The summed E-state index contributed by atoms with van der Waals surface area (Å²) in [6, 6.07) is 6.45. The van der Waals surface area contributed by atoms with Crippen molar-refractivity contribution in [3.63, 3.8) is 0 Å². The van der Waals surface area contributed by atoms with Gasteiger partial charge in [0.15, 0.2) is 0 Å². The van der Waals surface area contributed by atoms with E-state index in [1.165, 1.54) is 42.4 Å². The third kappa shape index (κ3) is 2.73. The third-order valence-corrected chi connectivity index (χ3v) is 2.70. The first-order chi connectivity index (χ1) is 6.79.